The van der Waals surface area contributed by atoms with E-state index >= 15 is 0 Å². The molecule has 0 fully saturated rings. The molecule has 0 unspecified atom stereocenters. The van der Waals surface area contributed by atoms with Crippen LogP contribution in [0.4, 0.5) is 11.4 Å². The van der Waals surface area contributed by atoms with Crippen LogP contribution in [-0.4, -0.2) is 24.5 Å². The average molecular weight is 389 g/mol. The van der Waals surface area contributed by atoms with Gasteiger partial charge in [-0.15, -0.1) is 0 Å². The number of aryl methyl sites for hydroxylation is 2. The third-order valence-corrected chi connectivity index (χ3v) is 4.85. The number of rotatable bonds is 7. The number of anilines is 2. The van der Waals surface area contributed by atoms with E-state index in [2.05, 4.69) is 22.1 Å². The van der Waals surface area contributed by atoms with E-state index < -0.39 is 0 Å². The van der Waals surface area contributed by atoms with Crippen molar-refractivity contribution in [2.75, 3.05) is 23.8 Å². The summed E-state index contributed by atoms with van der Waals surface area (Å²) >= 11 is 0. The highest BCUT2D eigenvalue weighted by molar-refractivity contribution is 6.04. The number of nitrogens with one attached hydrogen (secondary N) is 1. The fourth-order valence-corrected chi connectivity index (χ4v) is 3.15. The molecule has 1 aromatic heterocycles. The number of amides is 1. The molecule has 0 saturated heterocycles. The molecule has 3 rings (SSSR count). The third-order valence-electron chi connectivity index (χ3n) is 4.85. The molecule has 0 bridgehead atoms. The van der Waals surface area contributed by atoms with Gasteiger partial charge in [-0.05, 0) is 68.3 Å². The van der Waals surface area contributed by atoms with Crippen LogP contribution in [0.1, 0.15) is 34.0 Å². The van der Waals surface area contributed by atoms with Gasteiger partial charge < -0.3 is 15.0 Å². The van der Waals surface area contributed by atoms with E-state index in [1.807, 2.05) is 69.4 Å². The van der Waals surface area contributed by atoms with Crippen LogP contribution in [0.25, 0.3) is 0 Å². The molecule has 0 spiro atoms. The van der Waals surface area contributed by atoms with Crippen LogP contribution in [-0.2, 0) is 6.61 Å². The fourth-order valence-electron chi connectivity index (χ4n) is 3.15. The zero-order valence-electron chi connectivity index (χ0n) is 17.4. The van der Waals surface area contributed by atoms with Crippen LogP contribution in [0, 0.1) is 13.8 Å². The number of aromatic nitrogens is 1. The summed E-state index contributed by atoms with van der Waals surface area (Å²) in [5.41, 5.74) is 5.32. The van der Waals surface area contributed by atoms with Crippen LogP contribution in [0.3, 0.4) is 0 Å². The van der Waals surface area contributed by atoms with E-state index in [4.69, 9.17) is 4.74 Å². The predicted octanol–water partition coefficient (Wildman–Crippen LogP) is 4.99. The molecule has 5 heteroatoms. The highest BCUT2D eigenvalue weighted by atomic mass is 16.5. The standard InChI is InChI=1S/C24H27N3O2/c1-5-27(4)22-10-6-9-21(14-22)26-24(28)20-12-17(2)23(18(3)13-20)29-16-19-8-7-11-25-15-19/h6-15H,5,16H2,1-4H3,(H,26,28). The molecule has 0 atom stereocenters. The first-order chi connectivity index (χ1) is 14.0. The van der Waals surface area contributed by atoms with Crippen LogP contribution in [0.15, 0.2) is 60.9 Å². The van der Waals surface area contributed by atoms with Crippen molar-refractivity contribution in [3.05, 3.63) is 83.2 Å². The number of benzene rings is 2. The number of hydrogen-bond donors (Lipinski definition) is 1. The van der Waals surface area contributed by atoms with Crippen molar-refractivity contribution < 1.29 is 9.53 Å². The second-order valence-electron chi connectivity index (χ2n) is 7.11. The van der Waals surface area contributed by atoms with Gasteiger partial charge in [0.2, 0.25) is 0 Å². The molecule has 5 nitrogen and oxygen atoms in total. The lowest BCUT2D eigenvalue weighted by Crippen LogP contribution is -2.17. The van der Waals surface area contributed by atoms with Gasteiger partial charge in [0.05, 0.1) is 0 Å². The number of hydrogen-bond acceptors (Lipinski definition) is 4. The van der Waals surface area contributed by atoms with Crippen molar-refractivity contribution in [2.24, 2.45) is 0 Å². The Morgan fingerprint density at radius 1 is 1.10 bits per heavy atom. The summed E-state index contributed by atoms with van der Waals surface area (Å²) in [5.74, 6) is 0.670. The first-order valence-electron chi connectivity index (χ1n) is 9.73. The Kier molecular flexibility index (Phi) is 6.50. The molecule has 2 aromatic carbocycles. The second kappa shape index (κ2) is 9.24. The minimum Gasteiger partial charge on any atom is -0.488 e. The Hall–Kier alpha value is -3.34. The van der Waals surface area contributed by atoms with Gasteiger partial charge in [-0.25, -0.2) is 0 Å². The van der Waals surface area contributed by atoms with Crippen LogP contribution >= 0.6 is 0 Å². The van der Waals surface area contributed by atoms with Crippen molar-refractivity contribution >= 4 is 17.3 Å². The zero-order valence-corrected chi connectivity index (χ0v) is 17.4. The Labute approximate surface area is 172 Å². The molecule has 1 amide bonds. The predicted molar refractivity (Wildman–Crippen MR) is 118 cm³/mol. The maximum atomic E-state index is 12.8. The number of nitrogens with zero attached hydrogens (tertiary/aromatic N) is 2. The summed E-state index contributed by atoms with van der Waals surface area (Å²) in [6.45, 7) is 7.35. The number of pyridine rings is 1. The van der Waals surface area contributed by atoms with Gasteiger partial charge >= 0.3 is 0 Å². The summed E-state index contributed by atoms with van der Waals surface area (Å²) < 4.78 is 5.98. The monoisotopic (exact) mass is 389 g/mol. The lowest BCUT2D eigenvalue weighted by atomic mass is 10.0. The number of ether oxygens (including phenoxy) is 1. The van der Waals surface area contributed by atoms with E-state index in [0.29, 0.717) is 12.2 Å². The van der Waals surface area contributed by atoms with Gasteiger partial charge in [0.1, 0.15) is 12.4 Å². The lowest BCUT2D eigenvalue weighted by molar-refractivity contribution is 0.102. The Bertz CT molecular complexity index is 963. The molecule has 1 N–H and O–H groups in total. The van der Waals surface area contributed by atoms with Gasteiger partial charge in [0.25, 0.3) is 5.91 Å². The van der Waals surface area contributed by atoms with E-state index in [1.165, 1.54) is 0 Å². The smallest absolute Gasteiger partial charge is 0.255 e. The molecule has 0 saturated carbocycles. The summed E-state index contributed by atoms with van der Waals surface area (Å²) in [7, 11) is 2.03. The quantitative estimate of drug-likeness (QED) is 0.619. The minimum absolute atomic E-state index is 0.133. The highest BCUT2D eigenvalue weighted by Crippen LogP contribution is 2.26. The number of carbonyl (C=O) groups excluding carboxylic acids is 1. The Morgan fingerprint density at radius 3 is 2.52 bits per heavy atom. The average Bonchev–Trinajstić information content (AvgIpc) is 2.73. The summed E-state index contributed by atoms with van der Waals surface area (Å²) in [6.07, 6.45) is 3.53. The van der Waals surface area contributed by atoms with Crippen molar-refractivity contribution in [2.45, 2.75) is 27.4 Å². The van der Waals surface area contributed by atoms with Gasteiger partial charge in [-0.1, -0.05) is 12.1 Å². The Balaban J connectivity index is 1.73. The van der Waals surface area contributed by atoms with Crippen LogP contribution in [0.5, 0.6) is 5.75 Å². The van der Waals surface area contributed by atoms with E-state index in [-0.39, 0.29) is 5.91 Å². The van der Waals surface area contributed by atoms with E-state index in [9.17, 15) is 4.79 Å². The van der Waals surface area contributed by atoms with E-state index in [0.717, 1.165) is 40.4 Å². The number of carbonyl (C=O) groups is 1. The van der Waals surface area contributed by atoms with Crippen molar-refractivity contribution in [3.63, 3.8) is 0 Å². The first kappa shape index (κ1) is 20.4. The molecule has 0 radical (unpaired) electrons. The maximum absolute atomic E-state index is 12.8. The molecule has 3 aromatic rings. The summed E-state index contributed by atoms with van der Waals surface area (Å²) in [5, 5.41) is 2.99. The zero-order chi connectivity index (χ0) is 20.8. The molecule has 0 aliphatic carbocycles. The van der Waals surface area contributed by atoms with Gasteiger partial charge in [0.15, 0.2) is 0 Å². The molecule has 1 heterocycles. The van der Waals surface area contributed by atoms with Gasteiger partial charge in [0, 0.05) is 48.5 Å². The lowest BCUT2D eigenvalue weighted by Gasteiger charge is -2.18. The molecule has 29 heavy (non-hydrogen) atoms. The van der Waals surface area contributed by atoms with Crippen molar-refractivity contribution in [1.29, 1.82) is 0 Å². The molecule has 150 valence electrons. The maximum Gasteiger partial charge on any atom is 0.255 e. The van der Waals surface area contributed by atoms with Gasteiger partial charge in [-0.3, -0.25) is 9.78 Å². The molecular formula is C24H27N3O2. The van der Waals surface area contributed by atoms with E-state index in [1.54, 1.807) is 12.4 Å². The first-order valence-corrected chi connectivity index (χ1v) is 9.73. The molecule has 0 aliphatic rings. The summed E-state index contributed by atoms with van der Waals surface area (Å²) in [4.78, 5) is 19.0. The largest absolute Gasteiger partial charge is 0.488 e. The fraction of sp³-hybridized carbons (Fsp3) is 0.250. The minimum atomic E-state index is -0.133. The highest BCUT2D eigenvalue weighted by Gasteiger charge is 2.13. The third kappa shape index (κ3) is 5.13. The normalized spacial score (nSPS) is 10.5. The van der Waals surface area contributed by atoms with Crippen LogP contribution in [0.2, 0.25) is 0 Å². The van der Waals surface area contributed by atoms with Crippen molar-refractivity contribution in [1.82, 2.24) is 4.98 Å². The van der Waals surface area contributed by atoms with Crippen molar-refractivity contribution in [3.8, 4) is 5.75 Å². The van der Waals surface area contributed by atoms with Crippen LogP contribution < -0.4 is 15.0 Å². The Morgan fingerprint density at radius 2 is 1.86 bits per heavy atom. The summed E-state index contributed by atoms with van der Waals surface area (Å²) in [6, 6.07) is 15.4. The van der Waals surface area contributed by atoms with Gasteiger partial charge in [-0.2, -0.15) is 0 Å². The molecular weight excluding hydrogens is 362 g/mol. The SMILES string of the molecule is CCN(C)c1cccc(NC(=O)c2cc(C)c(OCc3cccnc3)c(C)c2)c1. The second-order valence-corrected chi connectivity index (χ2v) is 7.11. The molecule has 0 aliphatic heterocycles. The topological polar surface area (TPSA) is 54.5 Å².